The number of imidazole rings is 1. The minimum atomic E-state index is -1.22. The number of carbonyl (C=O) groups excluding carboxylic acids is 9. The minimum Gasteiger partial charge on any atom is -0.493 e. The Kier molecular flexibility index (Phi) is 28.9. The van der Waals surface area contributed by atoms with Crippen molar-refractivity contribution in [3.05, 3.63) is 185 Å². The Balaban J connectivity index is 0.740. The summed E-state index contributed by atoms with van der Waals surface area (Å²) in [5, 5.41) is 14.6. The molecule has 30 heteroatoms. The molecule has 5 aromatic carbocycles. The molecule has 7 N–H and O–H groups in total. The Morgan fingerprint density at radius 1 is 0.676 bits per heavy atom. The average molecular weight is 1530 g/mol. The van der Waals surface area contributed by atoms with Gasteiger partial charge in [-0.05, 0) is 134 Å². The Morgan fingerprint density at radius 3 is 2.06 bits per heavy atom. The fraction of sp³-hybridized carbons (Fsp3) is 0.383. The fourth-order valence-electron chi connectivity index (χ4n) is 12.7. The molecule has 588 valence electrons. The van der Waals surface area contributed by atoms with Crippen molar-refractivity contribution in [1.82, 2.24) is 39.5 Å². The van der Waals surface area contributed by atoms with Gasteiger partial charge in [0.1, 0.15) is 31.3 Å². The molecule has 2 aliphatic heterocycles. The molecule has 0 unspecified atom stereocenters. The molecular formula is C81H96N12O18. The van der Waals surface area contributed by atoms with Crippen molar-refractivity contribution in [2.75, 3.05) is 116 Å². The van der Waals surface area contributed by atoms with Crippen molar-refractivity contribution >= 4 is 81.3 Å². The third-order valence-electron chi connectivity index (χ3n) is 18.7. The predicted octanol–water partition coefficient (Wildman–Crippen LogP) is 7.39. The second kappa shape index (κ2) is 39.2. The quantitative estimate of drug-likeness (QED) is 0.0161. The highest BCUT2D eigenvalue weighted by Crippen LogP contribution is 2.41. The van der Waals surface area contributed by atoms with Crippen LogP contribution < -0.4 is 51.4 Å². The summed E-state index contributed by atoms with van der Waals surface area (Å²) in [5.74, 6) is -1.43. The second-order valence-electron chi connectivity index (χ2n) is 27.1. The van der Waals surface area contributed by atoms with Crippen molar-refractivity contribution in [2.45, 2.75) is 90.3 Å². The molecule has 111 heavy (non-hydrogen) atoms. The lowest BCUT2D eigenvalue weighted by molar-refractivity contribution is -0.131. The van der Waals surface area contributed by atoms with E-state index in [1.165, 1.54) is 22.6 Å². The average Bonchev–Trinajstić information content (AvgIpc) is 1.61. The number of aromatic nitrogens is 4. The van der Waals surface area contributed by atoms with Gasteiger partial charge in [-0.25, -0.2) is 14.7 Å². The number of nitrogens with two attached hydrogens (primary N) is 1. The third-order valence-corrected chi connectivity index (χ3v) is 18.7. The number of nitrogens with one attached hydrogen (secondary N) is 5. The Labute approximate surface area is 643 Å². The first-order chi connectivity index (χ1) is 53.5. The number of hydrogen-bond acceptors (Lipinski definition) is 20. The fourth-order valence-corrected chi connectivity index (χ4v) is 12.7. The van der Waals surface area contributed by atoms with Gasteiger partial charge in [-0.1, -0.05) is 60.7 Å². The van der Waals surface area contributed by atoms with E-state index in [2.05, 4.69) is 44.2 Å². The van der Waals surface area contributed by atoms with Gasteiger partial charge in [0.15, 0.2) is 29.3 Å². The van der Waals surface area contributed by atoms with Gasteiger partial charge in [0.2, 0.25) is 29.5 Å². The lowest BCUT2D eigenvalue weighted by Crippen LogP contribution is -2.53. The van der Waals surface area contributed by atoms with E-state index in [4.69, 9.17) is 48.4 Å². The van der Waals surface area contributed by atoms with E-state index in [1.807, 2.05) is 67.8 Å². The standard InChI is InChI=1S/C81H96N12O18/c1-50-37-66-80(110-32-28-84-74(97)49-108-48-73(96)83-27-31-106-35-36-107-34-33-103-7)93(81(102)111-47-57-16-14-55(15-17-57)40-67(94)53(4)85-76(98)52(3)82)64-43-69(51(2)38-62(64)78(100)92(66)44-50)109-30-10-11-72(95)87-71-46-90(6)75(88-71)77(99)86-61-22-20-58(21-23-61)60-42-65(89(5)45-60)79(101)91-29-26-59-39-54(18-24-63(59)91)12-13-56-19-25-68(104-8)70(41-56)105-9/h14-26,29,38-39,41-43,45-46,52-53,66,80H,1,10-13,27-28,30-37,40,44,47-49,82H2,2-9H3,(H,83,96)(H,84,97)(H,85,98)(H,86,99)(H,87,95)/t52-,53-,66-,80-/m0/s1. The molecule has 10 rings (SSSR count). The van der Waals surface area contributed by atoms with E-state index in [0.717, 1.165) is 46.0 Å². The second-order valence-corrected chi connectivity index (χ2v) is 27.1. The minimum absolute atomic E-state index is 0.00716. The first kappa shape index (κ1) is 82.0. The molecule has 5 heterocycles. The predicted molar refractivity (Wildman–Crippen MR) is 413 cm³/mol. The van der Waals surface area contributed by atoms with Gasteiger partial charge in [0.25, 0.3) is 17.7 Å². The molecule has 1 fully saturated rings. The summed E-state index contributed by atoms with van der Waals surface area (Å²) in [4.78, 5) is 129. The number of amides is 7. The van der Waals surface area contributed by atoms with Gasteiger partial charge in [-0.15, -0.1) is 0 Å². The molecular weight excluding hydrogens is 1430 g/mol. The largest absolute Gasteiger partial charge is 0.493 e. The Bertz CT molecular complexity index is 4660. The third kappa shape index (κ3) is 21.9. The van der Waals surface area contributed by atoms with Crippen LogP contribution in [0.25, 0.3) is 22.0 Å². The molecule has 0 bridgehead atoms. The summed E-state index contributed by atoms with van der Waals surface area (Å²) >= 11 is 0. The van der Waals surface area contributed by atoms with E-state index in [-0.39, 0.29) is 119 Å². The molecule has 0 saturated carbocycles. The molecule has 0 radical (unpaired) electrons. The lowest BCUT2D eigenvalue weighted by Gasteiger charge is -2.35. The molecule has 1 saturated heterocycles. The topological polar surface area (TPSA) is 357 Å². The number of hydrogen-bond donors (Lipinski definition) is 6. The van der Waals surface area contributed by atoms with Crippen LogP contribution in [0.3, 0.4) is 0 Å². The summed E-state index contributed by atoms with van der Waals surface area (Å²) in [6, 6.07) is 30.6. The highest BCUT2D eigenvalue weighted by atomic mass is 16.6. The Morgan fingerprint density at radius 2 is 1.35 bits per heavy atom. The highest BCUT2D eigenvalue weighted by Gasteiger charge is 2.48. The van der Waals surface area contributed by atoms with Gasteiger partial charge >= 0.3 is 6.09 Å². The number of anilines is 3. The number of rotatable bonds is 39. The summed E-state index contributed by atoms with van der Waals surface area (Å²) in [7, 11) is 8.27. The number of fused-ring (bicyclic) bond motifs is 3. The molecule has 0 spiro atoms. The van der Waals surface area contributed by atoms with Gasteiger partial charge in [0, 0.05) is 95.0 Å². The zero-order valence-corrected chi connectivity index (χ0v) is 63.7. The highest BCUT2D eigenvalue weighted by molar-refractivity contribution is 6.07. The lowest BCUT2D eigenvalue weighted by atomic mass is 10.0. The van der Waals surface area contributed by atoms with Gasteiger partial charge in [0.05, 0.1) is 95.4 Å². The molecule has 0 aliphatic carbocycles. The van der Waals surface area contributed by atoms with Crippen molar-refractivity contribution < 1.29 is 85.8 Å². The number of Topliss-reactive ketones (excluding diaryl/α,β-unsaturated/α-hetero) is 1. The van der Waals surface area contributed by atoms with Crippen LogP contribution in [0.2, 0.25) is 0 Å². The zero-order valence-electron chi connectivity index (χ0n) is 63.7. The van der Waals surface area contributed by atoms with Crippen LogP contribution in [0.5, 0.6) is 17.2 Å². The molecule has 7 amide bonds. The maximum atomic E-state index is 14.9. The van der Waals surface area contributed by atoms with Crippen LogP contribution in [-0.4, -0.2) is 202 Å². The van der Waals surface area contributed by atoms with E-state index in [0.29, 0.717) is 71.6 Å². The van der Waals surface area contributed by atoms with Crippen LogP contribution in [0.1, 0.15) is 92.4 Å². The van der Waals surface area contributed by atoms with Crippen molar-refractivity contribution in [2.24, 2.45) is 19.8 Å². The van der Waals surface area contributed by atoms with Crippen LogP contribution in [0.4, 0.5) is 22.0 Å². The summed E-state index contributed by atoms with van der Waals surface area (Å²) in [6.45, 7) is 9.97. The van der Waals surface area contributed by atoms with E-state index < -0.39 is 72.5 Å². The smallest absolute Gasteiger partial charge is 0.416 e. The van der Waals surface area contributed by atoms with Crippen molar-refractivity contribution in [3.8, 4) is 28.4 Å². The number of ketones is 1. The normalized spacial score (nSPS) is 14.4. The van der Waals surface area contributed by atoms with E-state index in [1.54, 1.807) is 111 Å². The zero-order chi connectivity index (χ0) is 79.3. The molecule has 2 aliphatic rings. The summed E-state index contributed by atoms with van der Waals surface area (Å²) < 4.78 is 55.8. The number of carbonyl (C=O) groups is 9. The number of nitrogens with zero attached hydrogens (tertiary/aromatic N) is 6. The number of methoxy groups -OCH3 is 3. The van der Waals surface area contributed by atoms with Gasteiger partial charge in [-0.2, -0.15) is 0 Å². The number of benzene rings is 5. The van der Waals surface area contributed by atoms with E-state index in [9.17, 15) is 43.2 Å². The monoisotopic (exact) mass is 1520 g/mol. The van der Waals surface area contributed by atoms with Crippen LogP contribution in [-0.2, 0) is 92.4 Å². The molecule has 30 nitrogen and oxygen atoms in total. The van der Waals surface area contributed by atoms with Gasteiger partial charge < -0.3 is 89.0 Å². The van der Waals surface area contributed by atoms with Crippen molar-refractivity contribution in [3.63, 3.8) is 0 Å². The first-order valence-corrected chi connectivity index (χ1v) is 36.5. The number of ether oxygens (including phenoxy) is 9. The van der Waals surface area contributed by atoms with E-state index >= 15 is 0 Å². The van der Waals surface area contributed by atoms with Crippen LogP contribution in [0.15, 0.2) is 140 Å². The maximum absolute atomic E-state index is 14.9. The van der Waals surface area contributed by atoms with Crippen LogP contribution in [0, 0.1) is 6.92 Å². The van der Waals surface area contributed by atoms with Crippen molar-refractivity contribution in [1.29, 1.82) is 0 Å². The van der Waals surface area contributed by atoms with Gasteiger partial charge in [-0.3, -0.25) is 42.9 Å². The first-order valence-electron chi connectivity index (χ1n) is 36.5. The molecule has 3 aromatic heterocycles. The number of aryl methyl sites for hydroxylation is 5. The maximum Gasteiger partial charge on any atom is 0.416 e. The summed E-state index contributed by atoms with van der Waals surface area (Å²) in [6.07, 6.45) is 5.09. The summed E-state index contributed by atoms with van der Waals surface area (Å²) in [5.41, 5.74) is 14.0. The molecule has 4 atom stereocenters. The SMILES string of the molecule is C=C1C[C@H]2[C@H](OCCNC(=O)COCC(=O)NCCOCCOCCOC)N(C(=O)OCc3ccc(CC(=O)[C@H](C)NC(=O)[C@H](C)N)cc3)c3cc(OCCCC(=O)Nc4cn(C)c(C(=O)Nc5ccc(-c6cc(C(=O)n7ccc8cc(CCc9ccc(OC)c(OC)c9)ccc87)n(C)c6)cc5)n4)c(C)cc3C(=O)N2C1. The Hall–Kier alpha value is -11.5. The molecule has 8 aromatic rings. The van der Waals surface area contributed by atoms with Crippen LogP contribution >= 0.6 is 0 Å².